The van der Waals surface area contributed by atoms with E-state index >= 15 is 0 Å². The third-order valence-electron chi connectivity index (χ3n) is 1.50. The molecule has 78 valence electrons. The van der Waals surface area contributed by atoms with Gasteiger partial charge in [0.15, 0.2) is 0 Å². The van der Waals surface area contributed by atoms with Gasteiger partial charge in [-0.1, -0.05) is 4.74 Å². The van der Waals surface area contributed by atoms with Crippen LogP contribution in [0.1, 0.15) is 13.8 Å². The SMILES string of the molecule is CC(C)NC(=O)n1oc(=O)n(C)c1=O. The molecule has 1 aromatic heterocycles. The number of aromatic nitrogens is 2. The molecule has 0 spiro atoms. The van der Waals surface area contributed by atoms with Crippen LogP contribution < -0.4 is 16.8 Å². The molecule has 1 aromatic rings. The molecule has 0 radical (unpaired) electrons. The molecule has 1 rings (SSSR count). The minimum atomic E-state index is -0.867. The molecule has 7 nitrogen and oxygen atoms in total. The third-order valence-corrected chi connectivity index (χ3v) is 1.50. The van der Waals surface area contributed by atoms with Gasteiger partial charge in [0, 0.05) is 13.1 Å². The smallest absolute Gasteiger partial charge is 0.333 e. The van der Waals surface area contributed by atoms with Gasteiger partial charge in [0.2, 0.25) is 0 Å². The first-order chi connectivity index (χ1) is 6.43. The highest BCUT2D eigenvalue weighted by Gasteiger charge is 2.15. The molecule has 0 aliphatic rings. The fourth-order valence-electron chi connectivity index (χ4n) is 0.827. The number of nitrogens with one attached hydrogen (secondary N) is 1. The predicted molar refractivity (Wildman–Crippen MR) is 47.3 cm³/mol. The van der Waals surface area contributed by atoms with Crippen molar-refractivity contribution in [3.63, 3.8) is 0 Å². The van der Waals surface area contributed by atoms with Gasteiger partial charge >= 0.3 is 17.5 Å². The summed E-state index contributed by atoms with van der Waals surface area (Å²) in [7, 11) is 1.23. The lowest BCUT2D eigenvalue weighted by molar-refractivity contribution is 0.202. The van der Waals surface area contributed by atoms with E-state index in [9.17, 15) is 14.4 Å². The molecule has 0 atom stereocenters. The molecule has 0 bridgehead atoms. The maximum atomic E-state index is 11.2. The molecule has 0 unspecified atom stereocenters. The van der Waals surface area contributed by atoms with Crippen LogP contribution in [0.25, 0.3) is 0 Å². The Morgan fingerprint density at radius 1 is 1.43 bits per heavy atom. The molecule has 14 heavy (non-hydrogen) atoms. The molecule has 0 aromatic carbocycles. The highest BCUT2D eigenvalue weighted by molar-refractivity contribution is 5.74. The highest BCUT2D eigenvalue weighted by Crippen LogP contribution is 1.81. The molecule has 0 saturated carbocycles. The Labute approximate surface area is 78.9 Å². The van der Waals surface area contributed by atoms with Gasteiger partial charge in [-0.2, -0.15) is 0 Å². The van der Waals surface area contributed by atoms with Crippen molar-refractivity contribution in [3.05, 3.63) is 21.0 Å². The Balaban J connectivity index is 3.09. The topological polar surface area (TPSA) is 86.2 Å². The average molecular weight is 201 g/mol. The van der Waals surface area contributed by atoms with Crippen molar-refractivity contribution in [1.82, 2.24) is 14.6 Å². The number of hydrogen-bond donors (Lipinski definition) is 1. The van der Waals surface area contributed by atoms with Crippen LogP contribution in [-0.2, 0) is 7.05 Å². The molecular weight excluding hydrogens is 190 g/mol. The summed E-state index contributed by atoms with van der Waals surface area (Å²) in [5.74, 6) is -0.867. The number of hydrogen-bond acceptors (Lipinski definition) is 4. The lowest BCUT2D eigenvalue weighted by Crippen LogP contribution is -2.39. The molecule has 7 heteroatoms. The van der Waals surface area contributed by atoms with Gasteiger partial charge in [0.25, 0.3) is 0 Å². The fraction of sp³-hybridized carbons (Fsp3) is 0.571. The number of amides is 1. The lowest BCUT2D eigenvalue weighted by atomic mass is 10.4. The first-order valence-corrected chi connectivity index (χ1v) is 4.03. The largest absolute Gasteiger partial charge is 0.442 e. The second kappa shape index (κ2) is 3.52. The zero-order valence-electron chi connectivity index (χ0n) is 8.10. The van der Waals surface area contributed by atoms with E-state index in [-0.39, 0.29) is 6.04 Å². The first kappa shape index (κ1) is 10.3. The van der Waals surface area contributed by atoms with Gasteiger partial charge in [0.1, 0.15) is 0 Å². The van der Waals surface area contributed by atoms with Gasteiger partial charge in [-0.25, -0.2) is 19.0 Å². The van der Waals surface area contributed by atoms with Crippen LogP contribution >= 0.6 is 0 Å². The van der Waals surface area contributed by atoms with Crippen LogP contribution in [0.2, 0.25) is 0 Å². The number of rotatable bonds is 1. The summed E-state index contributed by atoms with van der Waals surface area (Å²) >= 11 is 0. The number of carbonyl (C=O) groups excluding carboxylic acids is 1. The standard InChI is InChI=1S/C7H11N3O4/c1-4(2)8-5(11)10-6(12)9(3)7(13)14-10/h4H,1-3H3,(H,8,11). The van der Waals surface area contributed by atoms with Crippen LogP contribution in [0.15, 0.2) is 14.1 Å². The van der Waals surface area contributed by atoms with E-state index in [4.69, 9.17) is 0 Å². The molecule has 0 fully saturated rings. The highest BCUT2D eigenvalue weighted by atomic mass is 16.5. The van der Waals surface area contributed by atoms with Crippen LogP contribution in [0.4, 0.5) is 4.79 Å². The Morgan fingerprint density at radius 2 is 2.00 bits per heavy atom. The van der Waals surface area contributed by atoms with E-state index in [2.05, 4.69) is 9.84 Å². The summed E-state index contributed by atoms with van der Waals surface area (Å²) in [6.07, 6.45) is 0. The van der Waals surface area contributed by atoms with Crippen molar-refractivity contribution in [3.8, 4) is 0 Å². The molecule has 1 amide bonds. The van der Waals surface area contributed by atoms with Crippen LogP contribution in [-0.4, -0.2) is 21.4 Å². The van der Waals surface area contributed by atoms with E-state index in [1.165, 1.54) is 7.05 Å². The molecule has 1 heterocycles. The molecule has 0 saturated heterocycles. The summed E-state index contributed by atoms with van der Waals surface area (Å²) < 4.78 is 5.51. The normalized spacial score (nSPS) is 10.6. The average Bonchev–Trinajstić information content (AvgIpc) is 2.32. The molecule has 0 aliphatic carbocycles. The molecular formula is C7H11N3O4. The van der Waals surface area contributed by atoms with Crippen molar-refractivity contribution in [1.29, 1.82) is 0 Å². The number of carbonyl (C=O) groups is 1. The third kappa shape index (κ3) is 1.76. The van der Waals surface area contributed by atoms with Crippen molar-refractivity contribution < 1.29 is 9.32 Å². The van der Waals surface area contributed by atoms with Gasteiger partial charge < -0.3 is 9.84 Å². The second-order valence-electron chi connectivity index (χ2n) is 3.10. The van der Waals surface area contributed by atoms with E-state index < -0.39 is 17.5 Å². The summed E-state index contributed by atoms with van der Waals surface area (Å²) in [4.78, 5) is 33.3. The minimum absolute atomic E-state index is 0.139. The second-order valence-corrected chi connectivity index (χ2v) is 3.10. The van der Waals surface area contributed by atoms with E-state index in [0.29, 0.717) is 9.31 Å². The summed E-state index contributed by atoms with van der Waals surface area (Å²) in [5, 5.41) is 2.42. The van der Waals surface area contributed by atoms with Crippen molar-refractivity contribution in [2.45, 2.75) is 19.9 Å². The molecule has 0 aliphatic heterocycles. The monoisotopic (exact) mass is 201 g/mol. The van der Waals surface area contributed by atoms with Gasteiger partial charge in [-0.05, 0) is 13.8 Å². The minimum Gasteiger partial charge on any atom is -0.333 e. The van der Waals surface area contributed by atoms with Gasteiger partial charge in [0.05, 0.1) is 0 Å². The summed E-state index contributed by atoms with van der Waals surface area (Å²) in [6.45, 7) is 3.45. The van der Waals surface area contributed by atoms with Crippen molar-refractivity contribution in [2.75, 3.05) is 0 Å². The van der Waals surface area contributed by atoms with Gasteiger partial charge in [-0.15, -0.1) is 0 Å². The predicted octanol–water partition coefficient (Wildman–Crippen LogP) is -0.894. The maximum Gasteiger partial charge on any atom is 0.442 e. The number of nitrogens with zero attached hydrogens (tertiary/aromatic N) is 2. The Bertz CT molecular complexity index is 450. The fourth-order valence-corrected chi connectivity index (χ4v) is 0.827. The van der Waals surface area contributed by atoms with Crippen molar-refractivity contribution in [2.24, 2.45) is 7.05 Å². The Hall–Kier alpha value is -1.79. The van der Waals surface area contributed by atoms with Crippen molar-refractivity contribution >= 4 is 6.03 Å². The zero-order valence-corrected chi connectivity index (χ0v) is 8.10. The zero-order chi connectivity index (χ0) is 10.9. The Morgan fingerprint density at radius 3 is 2.36 bits per heavy atom. The lowest BCUT2D eigenvalue weighted by Gasteiger charge is -2.05. The van der Waals surface area contributed by atoms with E-state index in [1.54, 1.807) is 13.8 Å². The quantitative estimate of drug-likeness (QED) is 0.638. The summed E-state index contributed by atoms with van der Waals surface area (Å²) in [6, 6.07) is -0.886. The van der Waals surface area contributed by atoms with Crippen LogP contribution in [0.3, 0.4) is 0 Å². The molecule has 1 N–H and O–H groups in total. The first-order valence-electron chi connectivity index (χ1n) is 4.03. The van der Waals surface area contributed by atoms with E-state index in [1.807, 2.05) is 0 Å². The summed E-state index contributed by atoms with van der Waals surface area (Å²) in [5.41, 5.74) is -0.798. The van der Waals surface area contributed by atoms with Crippen LogP contribution in [0, 0.1) is 0 Å². The maximum absolute atomic E-state index is 11.2. The van der Waals surface area contributed by atoms with Crippen LogP contribution in [0.5, 0.6) is 0 Å². The Kier molecular flexibility index (Phi) is 2.59. The van der Waals surface area contributed by atoms with E-state index in [0.717, 1.165) is 0 Å². The van der Waals surface area contributed by atoms with Gasteiger partial charge in [-0.3, -0.25) is 0 Å².